The third-order valence-electron chi connectivity index (χ3n) is 3.19. The predicted octanol–water partition coefficient (Wildman–Crippen LogP) is 3.46. The SMILES string of the molecule is Cc1cc(Br)ccc1SCC(=O)Nc1cccnc1-n1cncn1. The van der Waals surface area contributed by atoms with Crippen molar-refractivity contribution in [2.45, 2.75) is 11.8 Å². The highest BCUT2D eigenvalue weighted by molar-refractivity contribution is 9.10. The van der Waals surface area contributed by atoms with Gasteiger partial charge in [0, 0.05) is 15.6 Å². The number of rotatable bonds is 5. The molecule has 0 atom stereocenters. The first kappa shape index (κ1) is 16.7. The summed E-state index contributed by atoms with van der Waals surface area (Å²) in [5, 5.41) is 6.93. The second-order valence-electron chi connectivity index (χ2n) is 4.96. The standard InChI is InChI=1S/C16H14BrN5OS/c1-11-7-12(17)4-5-14(11)24-8-15(23)21-13-3-2-6-19-16(13)22-10-18-9-20-22/h2-7,9-10H,8H2,1H3,(H,21,23). The monoisotopic (exact) mass is 403 g/mol. The van der Waals surface area contributed by atoms with E-state index in [0.29, 0.717) is 17.3 Å². The molecule has 3 rings (SSSR count). The Morgan fingerprint density at radius 3 is 3.00 bits per heavy atom. The van der Waals surface area contributed by atoms with Crippen LogP contribution in [0.4, 0.5) is 5.69 Å². The first-order valence-corrected chi connectivity index (χ1v) is 8.90. The van der Waals surface area contributed by atoms with Crippen LogP contribution in [0, 0.1) is 6.92 Å². The minimum atomic E-state index is -0.100. The van der Waals surface area contributed by atoms with Crippen LogP contribution in [-0.2, 0) is 4.79 Å². The molecule has 0 saturated carbocycles. The first-order chi connectivity index (χ1) is 11.6. The molecule has 24 heavy (non-hydrogen) atoms. The van der Waals surface area contributed by atoms with E-state index in [1.165, 1.54) is 29.1 Å². The van der Waals surface area contributed by atoms with Crippen molar-refractivity contribution in [2.75, 3.05) is 11.1 Å². The molecule has 0 saturated heterocycles. The number of anilines is 1. The van der Waals surface area contributed by atoms with Crippen molar-refractivity contribution in [3.8, 4) is 5.82 Å². The van der Waals surface area contributed by atoms with E-state index >= 15 is 0 Å². The molecule has 2 heterocycles. The van der Waals surface area contributed by atoms with Gasteiger partial charge in [-0.15, -0.1) is 11.8 Å². The third-order valence-corrected chi connectivity index (χ3v) is 4.86. The molecular formula is C16H14BrN5OS. The van der Waals surface area contributed by atoms with Crippen LogP contribution >= 0.6 is 27.7 Å². The minimum absolute atomic E-state index is 0.100. The molecule has 2 aromatic heterocycles. The normalized spacial score (nSPS) is 10.6. The fraction of sp³-hybridized carbons (Fsp3) is 0.125. The lowest BCUT2D eigenvalue weighted by Crippen LogP contribution is -2.16. The molecule has 0 unspecified atom stereocenters. The number of carbonyl (C=O) groups excluding carboxylic acids is 1. The summed E-state index contributed by atoms with van der Waals surface area (Å²) in [4.78, 5) is 21.5. The fourth-order valence-electron chi connectivity index (χ4n) is 2.10. The van der Waals surface area contributed by atoms with Crippen molar-refractivity contribution >= 4 is 39.3 Å². The molecule has 0 bridgehead atoms. The van der Waals surface area contributed by atoms with E-state index in [1.54, 1.807) is 18.3 Å². The zero-order valence-corrected chi connectivity index (χ0v) is 15.2. The van der Waals surface area contributed by atoms with Crippen molar-refractivity contribution in [1.82, 2.24) is 19.7 Å². The summed E-state index contributed by atoms with van der Waals surface area (Å²) in [5.41, 5.74) is 1.73. The van der Waals surface area contributed by atoms with Gasteiger partial charge in [0.25, 0.3) is 0 Å². The molecule has 1 N–H and O–H groups in total. The molecule has 0 spiro atoms. The molecular weight excluding hydrogens is 390 g/mol. The van der Waals surface area contributed by atoms with Gasteiger partial charge in [-0.25, -0.2) is 14.6 Å². The molecule has 0 aliphatic heterocycles. The number of nitrogens with one attached hydrogen (secondary N) is 1. The van der Waals surface area contributed by atoms with Crippen molar-refractivity contribution in [1.29, 1.82) is 0 Å². The van der Waals surface area contributed by atoms with E-state index in [2.05, 4.69) is 36.3 Å². The smallest absolute Gasteiger partial charge is 0.234 e. The molecule has 6 nitrogen and oxygen atoms in total. The Morgan fingerprint density at radius 1 is 1.38 bits per heavy atom. The topological polar surface area (TPSA) is 72.7 Å². The molecule has 1 aromatic carbocycles. The summed E-state index contributed by atoms with van der Waals surface area (Å²) in [6, 6.07) is 9.56. The van der Waals surface area contributed by atoms with Gasteiger partial charge in [-0.05, 0) is 42.8 Å². The number of nitrogens with zero attached hydrogens (tertiary/aromatic N) is 4. The van der Waals surface area contributed by atoms with Crippen LogP contribution in [-0.4, -0.2) is 31.4 Å². The first-order valence-electron chi connectivity index (χ1n) is 7.12. The third kappa shape index (κ3) is 4.01. The molecule has 122 valence electrons. The summed E-state index contributed by atoms with van der Waals surface area (Å²) in [6.07, 6.45) is 4.61. The summed E-state index contributed by atoms with van der Waals surface area (Å²) in [7, 11) is 0. The van der Waals surface area contributed by atoms with E-state index in [4.69, 9.17) is 0 Å². The van der Waals surface area contributed by atoms with Gasteiger partial charge in [-0.3, -0.25) is 4.79 Å². The van der Waals surface area contributed by atoms with Gasteiger partial charge in [0.05, 0.1) is 11.4 Å². The van der Waals surface area contributed by atoms with Gasteiger partial charge in [-0.1, -0.05) is 15.9 Å². The average Bonchev–Trinajstić information content (AvgIpc) is 3.09. The highest BCUT2D eigenvalue weighted by atomic mass is 79.9. The average molecular weight is 404 g/mol. The predicted molar refractivity (Wildman–Crippen MR) is 97.4 cm³/mol. The number of hydrogen-bond donors (Lipinski definition) is 1. The van der Waals surface area contributed by atoms with Gasteiger partial charge < -0.3 is 5.32 Å². The Hall–Kier alpha value is -2.19. The van der Waals surface area contributed by atoms with Crippen LogP contribution in [0.2, 0.25) is 0 Å². The maximum Gasteiger partial charge on any atom is 0.234 e. The van der Waals surface area contributed by atoms with Crippen LogP contribution in [0.15, 0.2) is 58.6 Å². The summed E-state index contributed by atoms with van der Waals surface area (Å²) in [6.45, 7) is 2.02. The highest BCUT2D eigenvalue weighted by Gasteiger charge is 2.11. The summed E-state index contributed by atoms with van der Waals surface area (Å²) >= 11 is 4.94. The number of carbonyl (C=O) groups is 1. The minimum Gasteiger partial charge on any atom is -0.322 e. The number of pyridine rings is 1. The Labute approximate surface area is 151 Å². The maximum absolute atomic E-state index is 12.3. The molecule has 0 aliphatic rings. The van der Waals surface area contributed by atoms with Crippen LogP contribution in [0.3, 0.4) is 0 Å². The zero-order chi connectivity index (χ0) is 16.9. The summed E-state index contributed by atoms with van der Waals surface area (Å²) in [5.74, 6) is 0.749. The van der Waals surface area contributed by atoms with E-state index in [9.17, 15) is 4.79 Å². The number of thioether (sulfide) groups is 1. The molecule has 0 fully saturated rings. The zero-order valence-electron chi connectivity index (χ0n) is 12.8. The summed E-state index contributed by atoms with van der Waals surface area (Å²) < 4.78 is 2.54. The molecule has 8 heteroatoms. The quantitative estimate of drug-likeness (QED) is 0.660. The molecule has 1 amide bonds. The van der Waals surface area contributed by atoms with Gasteiger partial charge in [0.1, 0.15) is 12.7 Å². The van der Waals surface area contributed by atoms with Crippen LogP contribution in [0.25, 0.3) is 5.82 Å². The number of aryl methyl sites for hydroxylation is 1. The fourth-order valence-corrected chi connectivity index (χ4v) is 3.38. The van der Waals surface area contributed by atoms with E-state index < -0.39 is 0 Å². The Kier molecular flexibility index (Phi) is 5.27. The largest absolute Gasteiger partial charge is 0.322 e. The van der Waals surface area contributed by atoms with E-state index in [0.717, 1.165) is 14.9 Å². The van der Waals surface area contributed by atoms with Crippen LogP contribution in [0.5, 0.6) is 0 Å². The Bertz CT molecular complexity index is 853. The number of hydrogen-bond acceptors (Lipinski definition) is 5. The van der Waals surface area contributed by atoms with E-state index in [1.807, 2.05) is 25.1 Å². The van der Waals surface area contributed by atoms with Crippen molar-refractivity contribution < 1.29 is 4.79 Å². The Balaban J connectivity index is 1.67. The molecule has 0 radical (unpaired) electrons. The van der Waals surface area contributed by atoms with Gasteiger partial charge in [-0.2, -0.15) is 5.10 Å². The number of halogens is 1. The van der Waals surface area contributed by atoms with Crippen LogP contribution < -0.4 is 5.32 Å². The highest BCUT2D eigenvalue weighted by Crippen LogP contribution is 2.25. The lowest BCUT2D eigenvalue weighted by molar-refractivity contribution is -0.113. The van der Waals surface area contributed by atoms with Crippen molar-refractivity contribution in [2.24, 2.45) is 0 Å². The van der Waals surface area contributed by atoms with Crippen molar-refractivity contribution in [3.05, 3.63) is 59.2 Å². The van der Waals surface area contributed by atoms with Crippen molar-refractivity contribution in [3.63, 3.8) is 0 Å². The van der Waals surface area contributed by atoms with Gasteiger partial charge in [0.15, 0.2) is 5.82 Å². The lowest BCUT2D eigenvalue weighted by atomic mass is 10.2. The van der Waals surface area contributed by atoms with Crippen LogP contribution in [0.1, 0.15) is 5.56 Å². The number of amides is 1. The molecule has 3 aromatic rings. The number of benzene rings is 1. The Morgan fingerprint density at radius 2 is 2.25 bits per heavy atom. The van der Waals surface area contributed by atoms with Gasteiger partial charge in [0.2, 0.25) is 5.91 Å². The van der Waals surface area contributed by atoms with E-state index in [-0.39, 0.29) is 5.91 Å². The maximum atomic E-state index is 12.3. The lowest BCUT2D eigenvalue weighted by Gasteiger charge is -2.10. The van der Waals surface area contributed by atoms with Gasteiger partial charge >= 0.3 is 0 Å². The molecule has 0 aliphatic carbocycles. The number of aromatic nitrogens is 4. The second kappa shape index (κ2) is 7.59. The second-order valence-corrected chi connectivity index (χ2v) is 6.89.